The second-order valence-corrected chi connectivity index (χ2v) is 13.4. The van der Waals surface area contributed by atoms with Crippen LogP contribution < -0.4 is 10.9 Å². The zero-order valence-corrected chi connectivity index (χ0v) is 28.8. The molecule has 51 heavy (non-hydrogen) atoms. The summed E-state index contributed by atoms with van der Waals surface area (Å²) in [5, 5.41) is 11.6. The van der Waals surface area contributed by atoms with Crippen molar-refractivity contribution in [1.82, 2.24) is 14.8 Å². The molecule has 1 aromatic heterocycles. The van der Waals surface area contributed by atoms with E-state index in [1.165, 1.54) is 31.2 Å². The fraction of sp³-hybridized carbons (Fsp3) is 0.514. The fourth-order valence-electron chi connectivity index (χ4n) is 6.44. The van der Waals surface area contributed by atoms with Crippen LogP contribution in [0.25, 0.3) is 5.57 Å². The molecule has 1 amide bonds. The third-order valence-electron chi connectivity index (χ3n) is 8.66. The zero-order valence-electron chi connectivity index (χ0n) is 28.8. The average molecular weight is 738 g/mol. The van der Waals surface area contributed by atoms with Gasteiger partial charge in [-0.15, -0.1) is 0 Å². The number of nitrogens with zero attached hydrogens (tertiary/aromatic N) is 2. The lowest BCUT2D eigenvalue weighted by Crippen LogP contribution is -2.54. The van der Waals surface area contributed by atoms with E-state index in [9.17, 15) is 45.8 Å². The lowest BCUT2D eigenvalue weighted by Gasteiger charge is -2.40. The molecule has 0 aliphatic heterocycles. The first-order valence-corrected chi connectivity index (χ1v) is 16.0. The molecule has 2 aromatic rings. The van der Waals surface area contributed by atoms with E-state index in [0.29, 0.717) is 18.0 Å². The lowest BCUT2D eigenvalue weighted by molar-refractivity contribution is -0.150. The van der Waals surface area contributed by atoms with E-state index in [1.807, 2.05) is 5.32 Å². The zero-order chi connectivity index (χ0) is 38.8. The second-order valence-electron chi connectivity index (χ2n) is 13.4. The van der Waals surface area contributed by atoms with Crippen molar-refractivity contribution in [2.75, 3.05) is 20.6 Å². The summed E-state index contributed by atoms with van der Waals surface area (Å²) in [5.74, 6) is -13.8. The van der Waals surface area contributed by atoms with Crippen LogP contribution in [-0.4, -0.2) is 65.2 Å². The van der Waals surface area contributed by atoms with Gasteiger partial charge in [-0.05, 0) is 81.9 Å². The Kier molecular flexibility index (Phi) is 12.7. The molecular formula is C35H40F9N3O4. The Morgan fingerprint density at radius 1 is 1.04 bits per heavy atom. The quantitative estimate of drug-likeness (QED) is 0.206. The predicted molar refractivity (Wildman–Crippen MR) is 172 cm³/mol. The van der Waals surface area contributed by atoms with Gasteiger partial charge in [0.25, 0.3) is 11.5 Å². The Bertz CT molecular complexity index is 1740. The molecule has 1 unspecified atom stereocenters. The van der Waals surface area contributed by atoms with Gasteiger partial charge in [0, 0.05) is 17.8 Å². The standard InChI is InChI=1S/C35H40F9N3O4/c1-18(2)14-25(47-17-21(11-9-13-46(5)6)23(15-26(47)48)34(39,40)41)32(51)45-24(16-27(49)50)29-30(36)28(22-12-8-7-10-19(22)3)20(4)31(33(29,37)38)35(42,43)44/h7-8,10,12,15,17-18,24-25,29H,9,11,13-14,16H2,1-6H3,(H,45,51)(H,49,50)/t24-,25-,29?/m0/s1. The second kappa shape index (κ2) is 15.7. The normalized spacial score (nSPS) is 18.0. The maximum atomic E-state index is 16.5. The minimum atomic E-state index is -5.73. The molecule has 3 rings (SSSR count). The topological polar surface area (TPSA) is 91.6 Å². The monoisotopic (exact) mass is 737 g/mol. The highest BCUT2D eigenvalue weighted by Crippen LogP contribution is 2.55. The predicted octanol–water partition coefficient (Wildman–Crippen LogP) is 7.74. The number of aliphatic carboxylic acids is 1. The molecule has 1 aliphatic carbocycles. The molecule has 0 spiro atoms. The number of alkyl halides is 8. The Labute approximate surface area is 288 Å². The van der Waals surface area contributed by atoms with E-state index in [0.717, 1.165) is 6.20 Å². The van der Waals surface area contributed by atoms with Crippen LogP contribution in [0, 0.1) is 18.8 Å². The van der Waals surface area contributed by atoms with Crippen LogP contribution in [0.3, 0.4) is 0 Å². The van der Waals surface area contributed by atoms with E-state index in [1.54, 1.807) is 32.8 Å². The van der Waals surface area contributed by atoms with Crippen molar-refractivity contribution >= 4 is 17.4 Å². The third-order valence-corrected chi connectivity index (χ3v) is 8.66. The van der Waals surface area contributed by atoms with Gasteiger partial charge in [0.2, 0.25) is 5.91 Å². The molecule has 1 aliphatic rings. The summed E-state index contributed by atoms with van der Waals surface area (Å²) in [6, 6.07) is 1.46. The van der Waals surface area contributed by atoms with Gasteiger partial charge in [-0.2, -0.15) is 26.3 Å². The molecule has 16 heteroatoms. The number of rotatable bonds is 13. The number of carboxylic acid groups (broad SMARTS) is 1. The highest BCUT2D eigenvalue weighted by molar-refractivity contribution is 5.86. The number of allylic oxidation sites excluding steroid dienone is 3. The summed E-state index contributed by atoms with van der Waals surface area (Å²) >= 11 is 0. The molecule has 1 aromatic carbocycles. The minimum Gasteiger partial charge on any atom is -0.481 e. The molecule has 282 valence electrons. The Morgan fingerprint density at radius 3 is 2.16 bits per heavy atom. The smallest absolute Gasteiger partial charge is 0.418 e. The van der Waals surface area contributed by atoms with Gasteiger partial charge < -0.3 is 19.9 Å². The van der Waals surface area contributed by atoms with Crippen LogP contribution in [0.4, 0.5) is 39.5 Å². The molecule has 0 bridgehead atoms. The first kappa shape index (κ1) is 41.3. The fourth-order valence-corrected chi connectivity index (χ4v) is 6.44. The lowest BCUT2D eigenvalue weighted by atomic mass is 9.74. The van der Waals surface area contributed by atoms with Crippen molar-refractivity contribution in [3.05, 3.63) is 86.1 Å². The molecule has 0 radical (unpaired) electrons. The van der Waals surface area contributed by atoms with Crippen molar-refractivity contribution in [3.63, 3.8) is 0 Å². The van der Waals surface area contributed by atoms with E-state index in [4.69, 9.17) is 0 Å². The molecular weight excluding hydrogens is 697 g/mol. The van der Waals surface area contributed by atoms with Crippen molar-refractivity contribution < 1.29 is 54.2 Å². The highest BCUT2D eigenvalue weighted by atomic mass is 19.4. The number of carbonyl (C=O) groups is 2. The number of nitrogens with one attached hydrogen (secondary N) is 1. The molecule has 3 atom stereocenters. The van der Waals surface area contributed by atoms with Crippen LogP contribution in [0.1, 0.15) is 68.3 Å². The maximum Gasteiger partial charge on any atom is 0.418 e. The summed E-state index contributed by atoms with van der Waals surface area (Å²) in [7, 11) is 3.38. The number of benzene rings is 1. The van der Waals surface area contributed by atoms with Crippen molar-refractivity contribution in [3.8, 4) is 0 Å². The van der Waals surface area contributed by atoms with Gasteiger partial charge in [0.1, 0.15) is 23.4 Å². The summed E-state index contributed by atoms with van der Waals surface area (Å²) in [6.45, 7) is 5.57. The minimum absolute atomic E-state index is 0.175. The summed E-state index contributed by atoms with van der Waals surface area (Å²) in [4.78, 5) is 40.7. The van der Waals surface area contributed by atoms with Crippen molar-refractivity contribution in [1.29, 1.82) is 0 Å². The van der Waals surface area contributed by atoms with Crippen LogP contribution in [-0.2, 0) is 22.2 Å². The number of hydrogen-bond acceptors (Lipinski definition) is 4. The van der Waals surface area contributed by atoms with Gasteiger partial charge in [-0.3, -0.25) is 14.4 Å². The maximum absolute atomic E-state index is 16.5. The number of hydrogen-bond donors (Lipinski definition) is 2. The van der Waals surface area contributed by atoms with Crippen molar-refractivity contribution in [2.45, 2.75) is 83.7 Å². The van der Waals surface area contributed by atoms with Gasteiger partial charge in [-0.25, -0.2) is 13.2 Å². The van der Waals surface area contributed by atoms with E-state index >= 15 is 13.2 Å². The van der Waals surface area contributed by atoms with Crippen molar-refractivity contribution in [2.24, 2.45) is 11.8 Å². The Morgan fingerprint density at radius 2 is 1.65 bits per heavy atom. The summed E-state index contributed by atoms with van der Waals surface area (Å²) < 4.78 is 134. The van der Waals surface area contributed by atoms with E-state index in [-0.39, 0.29) is 42.0 Å². The molecule has 0 saturated heterocycles. The Balaban J connectivity index is 2.25. The molecule has 7 nitrogen and oxygen atoms in total. The summed E-state index contributed by atoms with van der Waals surface area (Å²) in [5.41, 5.74) is -7.29. The number of pyridine rings is 1. The first-order valence-electron chi connectivity index (χ1n) is 16.0. The number of halogens is 9. The van der Waals surface area contributed by atoms with Gasteiger partial charge in [0.05, 0.1) is 18.0 Å². The first-order chi connectivity index (χ1) is 23.4. The summed E-state index contributed by atoms with van der Waals surface area (Å²) in [6.07, 6.45) is -11.6. The number of amides is 1. The van der Waals surface area contributed by atoms with E-state index in [2.05, 4.69) is 0 Å². The van der Waals surface area contributed by atoms with E-state index < -0.39 is 94.2 Å². The average Bonchev–Trinajstić information content (AvgIpc) is 2.95. The van der Waals surface area contributed by atoms with Crippen LogP contribution in [0.2, 0.25) is 0 Å². The van der Waals surface area contributed by atoms with Gasteiger partial charge in [-0.1, -0.05) is 38.1 Å². The van der Waals surface area contributed by atoms with Gasteiger partial charge in [0.15, 0.2) is 0 Å². The van der Waals surface area contributed by atoms with Crippen LogP contribution in [0.15, 0.2) is 58.3 Å². The van der Waals surface area contributed by atoms with Gasteiger partial charge >= 0.3 is 18.3 Å². The largest absolute Gasteiger partial charge is 0.481 e. The third kappa shape index (κ3) is 9.43. The highest BCUT2D eigenvalue weighted by Gasteiger charge is 2.62. The molecule has 1 heterocycles. The SMILES string of the molecule is CC1=C(C(F)(F)F)C(F)(F)C([C@H](CC(=O)O)NC(=O)[C@H](CC(C)C)n2cc(CCCN(C)C)c(C(F)(F)F)cc2=O)C(F)=C1c1ccccc1C. The molecule has 0 saturated carbocycles. The number of aromatic nitrogens is 1. The number of carboxylic acids is 1. The number of aryl methyl sites for hydroxylation is 2. The number of carbonyl (C=O) groups excluding carboxylic acids is 1. The van der Waals surface area contributed by atoms with Crippen LogP contribution >= 0.6 is 0 Å². The van der Waals surface area contributed by atoms with Crippen LogP contribution in [0.5, 0.6) is 0 Å². The molecule has 2 N–H and O–H groups in total. The Hall–Kier alpha value is -4.08. The molecule has 0 fully saturated rings.